The average molecular weight is 298 g/mol. The fourth-order valence-corrected chi connectivity index (χ4v) is 3.67. The van der Waals surface area contributed by atoms with Crippen LogP contribution in [0.2, 0.25) is 0 Å². The van der Waals surface area contributed by atoms with Crippen molar-refractivity contribution in [1.82, 2.24) is 15.2 Å². The fourth-order valence-electron chi connectivity index (χ4n) is 2.45. The minimum atomic E-state index is -0.894. The number of aliphatic hydroxyl groups is 1. The van der Waals surface area contributed by atoms with Crippen LogP contribution in [-0.2, 0) is 4.79 Å². The molecule has 3 aliphatic rings. The Bertz CT molecular complexity index is 513. The standard InChI is InChI=1S/C11H14N4O4S/c16-7-5-8(17)15-10(12-7)20-9(13-15)6-1-3-14(4-2-6)11(18)19/h5-6,10,17H,1-4H2,(H,12,16)(H,18,19). The van der Waals surface area contributed by atoms with Crippen LogP contribution in [0.15, 0.2) is 17.1 Å². The Morgan fingerprint density at radius 3 is 2.80 bits per heavy atom. The molecule has 3 N–H and O–H groups in total. The van der Waals surface area contributed by atoms with Gasteiger partial charge in [-0.1, -0.05) is 11.8 Å². The molecule has 0 bridgehead atoms. The molecular weight excluding hydrogens is 284 g/mol. The van der Waals surface area contributed by atoms with Gasteiger partial charge < -0.3 is 20.4 Å². The molecule has 20 heavy (non-hydrogen) atoms. The number of likely N-dealkylation sites (tertiary alicyclic amines) is 1. The van der Waals surface area contributed by atoms with Crippen LogP contribution in [0.25, 0.3) is 0 Å². The zero-order valence-electron chi connectivity index (χ0n) is 10.5. The van der Waals surface area contributed by atoms with Crippen molar-refractivity contribution in [3.63, 3.8) is 0 Å². The van der Waals surface area contributed by atoms with Crippen LogP contribution >= 0.6 is 11.8 Å². The number of carbonyl (C=O) groups is 2. The first-order valence-electron chi connectivity index (χ1n) is 6.28. The molecule has 1 unspecified atom stereocenters. The quantitative estimate of drug-likeness (QED) is 0.653. The third-order valence-corrected chi connectivity index (χ3v) is 4.73. The highest BCUT2D eigenvalue weighted by Crippen LogP contribution is 2.35. The van der Waals surface area contributed by atoms with E-state index in [1.54, 1.807) is 0 Å². The first kappa shape index (κ1) is 13.1. The second-order valence-electron chi connectivity index (χ2n) is 4.81. The lowest BCUT2D eigenvalue weighted by Crippen LogP contribution is -2.44. The number of fused-ring (bicyclic) bond motifs is 1. The van der Waals surface area contributed by atoms with Gasteiger partial charge in [0.25, 0.3) is 5.91 Å². The summed E-state index contributed by atoms with van der Waals surface area (Å²) >= 11 is 1.40. The molecule has 108 valence electrons. The summed E-state index contributed by atoms with van der Waals surface area (Å²) in [6, 6.07) is 0. The number of hydrogen-bond acceptors (Lipinski definition) is 6. The number of thioether (sulfide) groups is 1. The number of nitrogens with one attached hydrogen (secondary N) is 1. The molecule has 0 saturated carbocycles. The number of hydrazone groups is 1. The van der Waals surface area contributed by atoms with Crippen molar-refractivity contribution in [2.24, 2.45) is 11.0 Å². The lowest BCUT2D eigenvalue weighted by atomic mass is 9.98. The van der Waals surface area contributed by atoms with E-state index in [1.165, 1.54) is 21.7 Å². The third kappa shape index (κ3) is 2.28. The lowest BCUT2D eigenvalue weighted by molar-refractivity contribution is -0.118. The van der Waals surface area contributed by atoms with E-state index in [4.69, 9.17) is 5.11 Å². The number of amides is 2. The number of hydrogen-bond donors (Lipinski definition) is 3. The molecule has 9 heteroatoms. The van der Waals surface area contributed by atoms with Crippen molar-refractivity contribution in [3.8, 4) is 0 Å². The number of nitrogens with zero attached hydrogens (tertiary/aromatic N) is 3. The Balaban J connectivity index is 1.66. The van der Waals surface area contributed by atoms with E-state index in [0.717, 1.165) is 11.1 Å². The second-order valence-corrected chi connectivity index (χ2v) is 5.91. The predicted molar refractivity (Wildman–Crippen MR) is 71.8 cm³/mol. The Morgan fingerprint density at radius 2 is 2.15 bits per heavy atom. The summed E-state index contributed by atoms with van der Waals surface area (Å²) in [6.07, 6.45) is 1.61. The number of rotatable bonds is 1. The molecular formula is C11H14N4O4S. The monoisotopic (exact) mass is 298 g/mol. The number of piperidine rings is 1. The van der Waals surface area contributed by atoms with Gasteiger partial charge in [0.1, 0.15) is 5.04 Å². The Labute approximate surface area is 119 Å². The first-order valence-corrected chi connectivity index (χ1v) is 7.16. The van der Waals surface area contributed by atoms with Crippen LogP contribution in [-0.4, -0.2) is 55.8 Å². The van der Waals surface area contributed by atoms with E-state index in [2.05, 4.69) is 10.4 Å². The SMILES string of the molecule is O=C1C=C(O)N2N=C(C3CCN(C(=O)O)CC3)SC2N1. The molecule has 2 amide bonds. The highest BCUT2D eigenvalue weighted by atomic mass is 32.2. The molecule has 0 aliphatic carbocycles. The first-order chi connectivity index (χ1) is 9.54. The molecule has 0 aromatic heterocycles. The van der Waals surface area contributed by atoms with E-state index < -0.39 is 11.6 Å². The lowest BCUT2D eigenvalue weighted by Gasteiger charge is -2.29. The van der Waals surface area contributed by atoms with Crippen LogP contribution in [0.3, 0.4) is 0 Å². The molecule has 1 atom stereocenters. The summed E-state index contributed by atoms with van der Waals surface area (Å²) < 4.78 is 0. The topological polar surface area (TPSA) is 105 Å². The minimum Gasteiger partial charge on any atom is -0.493 e. The Hall–Kier alpha value is -1.90. The summed E-state index contributed by atoms with van der Waals surface area (Å²) in [5.41, 5.74) is -0.403. The van der Waals surface area contributed by atoms with Gasteiger partial charge in [0.2, 0.25) is 5.88 Å². The second kappa shape index (κ2) is 4.89. The van der Waals surface area contributed by atoms with Crippen LogP contribution < -0.4 is 5.32 Å². The van der Waals surface area contributed by atoms with Crippen LogP contribution in [0, 0.1) is 5.92 Å². The van der Waals surface area contributed by atoms with Gasteiger partial charge in [0.05, 0.1) is 6.08 Å². The highest BCUT2D eigenvalue weighted by molar-refractivity contribution is 8.14. The van der Waals surface area contributed by atoms with E-state index in [1.807, 2.05) is 0 Å². The summed E-state index contributed by atoms with van der Waals surface area (Å²) in [7, 11) is 0. The molecule has 8 nitrogen and oxygen atoms in total. The Morgan fingerprint density at radius 1 is 1.45 bits per heavy atom. The summed E-state index contributed by atoms with van der Waals surface area (Å²) in [5.74, 6) is -0.330. The predicted octanol–water partition coefficient (Wildman–Crippen LogP) is 0.551. The largest absolute Gasteiger partial charge is 0.493 e. The van der Waals surface area contributed by atoms with Gasteiger partial charge in [0, 0.05) is 19.0 Å². The molecule has 0 spiro atoms. The van der Waals surface area contributed by atoms with E-state index in [9.17, 15) is 14.7 Å². The average Bonchev–Trinajstić information content (AvgIpc) is 2.83. The molecule has 3 aliphatic heterocycles. The summed E-state index contributed by atoms with van der Waals surface area (Å²) in [5, 5.41) is 27.9. The normalized spacial score (nSPS) is 26.8. The van der Waals surface area contributed by atoms with E-state index in [-0.39, 0.29) is 17.7 Å². The smallest absolute Gasteiger partial charge is 0.407 e. The Kier molecular flexibility index (Phi) is 3.20. The van der Waals surface area contributed by atoms with Crippen molar-refractivity contribution < 1.29 is 19.8 Å². The van der Waals surface area contributed by atoms with Gasteiger partial charge in [0.15, 0.2) is 5.50 Å². The molecule has 0 radical (unpaired) electrons. The summed E-state index contributed by atoms with van der Waals surface area (Å²) in [6.45, 7) is 0.969. The minimum absolute atomic E-state index is 0.163. The maximum Gasteiger partial charge on any atom is 0.407 e. The van der Waals surface area contributed by atoms with Crippen molar-refractivity contribution in [3.05, 3.63) is 12.0 Å². The highest BCUT2D eigenvalue weighted by Gasteiger charge is 2.38. The van der Waals surface area contributed by atoms with Gasteiger partial charge in [-0.2, -0.15) is 10.1 Å². The number of carbonyl (C=O) groups excluding carboxylic acids is 1. The van der Waals surface area contributed by atoms with Crippen LogP contribution in [0.5, 0.6) is 0 Å². The molecule has 3 rings (SSSR count). The van der Waals surface area contributed by atoms with Gasteiger partial charge in [-0.3, -0.25) is 4.79 Å². The van der Waals surface area contributed by atoms with Gasteiger partial charge in [-0.25, -0.2) is 4.79 Å². The maximum atomic E-state index is 11.3. The molecule has 1 saturated heterocycles. The van der Waals surface area contributed by atoms with Crippen LogP contribution in [0.1, 0.15) is 12.8 Å². The van der Waals surface area contributed by atoms with Crippen LogP contribution in [0.4, 0.5) is 4.79 Å². The van der Waals surface area contributed by atoms with Crippen molar-refractivity contribution >= 4 is 28.8 Å². The number of aliphatic hydroxyl groups excluding tert-OH is 1. The molecule has 3 heterocycles. The molecule has 0 aromatic rings. The van der Waals surface area contributed by atoms with Crippen molar-refractivity contribution in [2.45, 2.75) is 18.3 Å². The van der Waals surface area contributed by atoms with E-state index in [0.29, 0.717) is 25.9 Å². The zero-order valence-corrected chi connectivity index (χ0v) is 11.3. The maximum absolute atomic E-state index is 11.3. The third-order valence-electron chi connectivity index (χ3n) is 3.54. The van der Waals surface area contributed by atoms with Gasteiger partial charge in [-0.15, -0.1) is 0 Å². The summed E-state index contributed by atoms with van der Waals surface area (Å²) in [4.78, 5) is 23.6. The zero-order chi connectivity index (χ0) is 14.3. The molecule has 0 aromatic carbocycles. The van der Waals surface area contributed by atoms with Gasteiger partial charge >= 0.3 is 6.09 Å². The number of carboxylic acid groups (broad SMARTS) is 1. The van der Waals surface area contributed by atoms with E-state index >= 15 is 0 Å². The van der Waals surface area contributed by atoms with Crippen molar-refractivity contribution in [2.75, 3.05) is 13.1 Å². The van der Waals surface area contributed by atoms with Crippen molar-refractivity contribution in [1.29, 1.82) is 0 Å². The fraction of sp³-hybridized carbons (Fsp3) is 0.545. The molecule has 1 fully saturated rings. The van der Waals surface area contributed by atoms with Gasteiger partial charge in [-0.05, 0) is 12.8 Å².